The summed E-state index contributed by atoms with van der Waals surface area (Å²) in [7, 11) is 0. The second-order valence-corrected chi connectivity index (χ2v) is 16.6. The average Bonchev–Trinajstić information content (AvgIpc) is 3.85. The molecule has 0 saturated heterocycles. The van der Waals surface area contributed by atoms with Gasteiger partial charge in [0.05, 0.1) is 0 Å². The molecule has 0 radical (unpaired) electrons. The van der Waals surface area contributed by atoms with E-state index in [1.807, 2.05) is 11.3 Å². The molecule has 0 aliphatic heterocycles. The molecule has 2 heterocycles. The largest absolute Gasteiger partial charge is 0.456 e. The summed E-state index contributed by atoms with van der Waals surface area (Å²) in [5, 5.41) is 17.5. The van der Waals surface area contributed by atoms with Gasteiger partial charge in [0.15, 0.2) is 0 Å². The maximum absolute atomic E-state index is 6.36. The maximum Gasteiger partial charge on any atom is 0.136 e. The Morgan fingerprint density at radius 1 is 0.293 bits per heavy atom. The average molecular weight is 753 g/mol. The van der Waals surface area contributed by atoms with Crippen molar-refractivity contribution in [3.63, 3.8) is 0 Å². The Kier molecular flexibility index (Phi) is 6.66. The van der Waals surface area contributed by atoms with Crippen LogP contribution in [0.4, 0.5) is 0 Å². The van der Waals surface area contributed by atoms with E-state index in [2.05, 4.69) is 194 Å². The Hall–Kier alpha value is -7.26. The van der Waals surface area contributed by atoms with Crippen molar-refractivity contribution >= 4 is 107 Å². The number of rotatable bonds is 3. The van der Waals surface area contributed by atoms with Gasteiger partial charge in [-0.05, 0) is 124 Å². The van der Waals surface area contributed by atoms with Gasteiger partial charge in [-0.3, -0.25) is 0 Å². The number of hydrogen-bond acceptors (Lipinski definition) is 2. The van der Waals surface area contributed by atoms with Crippen LogP contribution in [0, 0.1) is 0 Å². The van der Waals surface area contributed by atoms with Gasteiger partial charge in [0.1, 0.15) is 11.2 Å². The van der Waals surface area contributed by atoms with Crippen LogP contribution in [-0.2, 0) is 0 Å². The molecule has 0 unspecified atom stereocenters. The van der Waals surface area contributed by atoms with Crippen molar-refractivity contribution < 1.29 is 4.42 Å². The van der Waals surface area contributed by atoms with Gasteiger partial charge in [0.25, 0.3) is 0 Å². The summed E-state index contributed by atoms with van der Waals surface area (Å²) in [5.74, 6) is 0. The number of para-hydroxylation sites is 1. The summed E-state index contributed by atoms with van der Waals surface area (Å²) >= 11 is 1.89. The van der Waals surface area contributed by atoms with E-state index >= 15 is 0 Å². The summed E-state index contributed by atoms with van der Waals surface area (Å²) < 4.78 is 8.95. The fourth-order valence-electron chi connectivity index (χ4n) is 9.82. The molecule has 11 aromatic carbocycles. The standard InChI is InChI=1S/C56H32OS/c1-2-12-34-29-38(24-21-33(34)11-1)51-42-15-5-7-17-44(42)52(45-18-8-6-16-43(45)51)39-25-22-36-31-40(26-23-35(36)30-39)53-41-14-4-3-13-37(41)32-47-55-50(58-56(47)53)28-27-49-54(55)46-19-9-10-20-48(46)57-49/h1-32H. The van der Waals surface area contributed by atoms with Crippen molar-refractivity contribution in [2.24, 2.45) is 0 Å². The van der Waals surface area contributed by atoms with E-state index in [4.69, 9.17) is 4.42 Å². The molecule has 13 rings (SSSR count). The number of fused-ring (bicyclic) bond motifs is 12. The van der Waals surface area contributed by atoms with E-state index in [9.17, 15) is 0 Å². The highest BCUT2D eigenvalue weighted by Crippen LogP contribution is 2.49. The van der Waals surface area contributed by atoms with E-state index in [0.717, 1.165) is 11.2 Å². The predicted molar refractivity (Wildman–Crippen MR) is 250 cm³/mol. The zero-order valence-electron chi connectivity index (χ0n) is 31.3. The molecular weight excluding hydrogens is 721 g/mol. The molecule has 0 N–H and O–H groups in total. The number of furan rings is 1. The molecule has 0 amide bonds. The van der Waals surface area contributed by atoms with Crippen LogP contribution in [0.3, 0.4) is 0 Å². The van der Waals surface area contributed by atoms with Crippen molar-refractivity contribution in [3.8, 4) is 33.4 Å². The minimum atomic E-state index is 0.932. The van der Waals surface area contributed by atoms with Crippen LogP contribution >= 0.6 is 11.3 Å². The number of thiophene rings is 1. The molecule has 0 spiro atoms. The SMILES string of the molecule is c1ccc2cc(-c3c4ccccc4c(-c4ccc5cc(-c6c7ccccc7cc7c6sc6ccc8oc9ccccc9c8c67)ccc5c4)c4ccccc34)ccc2c1. The zero-order valence-corrected chi connectivity index (χ0v) is 32.1. The second kappa shape index (κ2) is 12.1. The third kappa shape index (κ3) is 4.58. The first-order valence-electron chi connectivity index (χ1n) is 19.9. The molecular formula is C56H32OS. The monoisotopic (exact) mass is 752 g/mol. The quantitative estimate of drug-likeness (QED) is 0.164. The summed E-state index contributed by atoms with van der Waals surface area (Å²) in [6.45, 7) is 0. The van der Waals surface area contributed by atoms with Gasteiger partial charge < -0.3 is 4.42 Å². The normalized spacial score (nSPS) is 12.1. The van der Waals surface area contributed by atoms with Gasteiger partial charge in [-0.25, -0.2) is 0 Å². The second-order valence-electron chi connectivity index (χ2n) is 15.5. The van der Waals surface area contributed by atoms with Crippen molar-refractivity contribution in [1.82, 2.24) is 0 Å². The van der Waals surface area contributed by atoms with Crippen LogP contribution in [0.5, 0.6) is 0 Å². The molecule has 13 aromatic rings. The highest BCUT2D eigenvalue weighted by Gasteiger charge is 2.21. The zero-order chi connectivity index (χ0) is 37.9. The lowest BCUT2D eigenvalue weighted by molar-refractivity contribution is 0.669. The van der Waals surface area contributed by atoms with Gasteiger partial charge in [-0.2, -0.15) is 0 Å². The third-order valence-electron chi connectivity index (χ3n) is 12.4. The first-order chi connectivity index (χ1) is 28.7. The minimum Gasteiger partial charge on any atom is -0.456 e. The van der Waals surface area contributed by atoms with Crippen LogP contribution < -0.4 is 0 Å². The summed E-state index contributed by atoms with van der Waals surface area (Å²) in [6, 6.07) is 71.5. The van der Waals surface area contributed by atoms with E-state index in [1.54, 1.807) is 0 Å². The minimum absolute atomic E-state index is 0.932. The van der Waals surface area contributed by atoms with Gasteiger partial charge in [0, 0.05) is 36.5 Å². The predicted octanol–water partition coefficient (Wildman–Crippen LogP) is 16.7. The van der Waals surface area contributed by atoms with E-state index in [0.29, 0.717) is 0 Å². The van der Waals surface area contributed by atoms with E-state index in [1.165, 1.54) is 118 Å². The molecule has 2 heteroatoms. The Morgan fingerprint density at radius 2 is 0.776 bits per heavy atom. The Labute approximate surface area is 337 Å². The molecule has 268 valence electrons. The number of benzene rings is 11. The van der Waals surface area contributed by atoms with Gasteiger partial charge in [-0.1, -0.05) is 152 Å². The Balaban J connectivity index is 1.01. The van der Waals surface area contributed by atoms with Crippen LogP contribution in [0.2, 0.25) is 0 Å². The highest BCUT2D eigenvalue weighted by atomic mass is 32.1. The molecule has 2 aromatic heterocycles. The van der Waals surface area contributed by atoms with Crippen LogP contribution in [-0.4, -0.2) is 0 Å². The maximum atomic E-state index is 6.36. The lowest BCUT2D eigenvalue weighted by Crippen LogP contribution is -1.91. The first kappa shape index (κ1) is 31.9. The van der Waals surface area contributed by atoms with Gasteiger partial charge >= 0.3 is 0 Å². The molecule has 58 heavy (non-hydrogen) atoms. The molecule has 0 atom stereocenters. The highest BCUT2D eigenvalue weighted by molar-refractivity contribution is 7.26. The summed E-state index contributed by atoms with van der Waals surface area (Å²) in [4.78, 5) is 0. The first-order valence-corrected chi connectivity index (χ1v) is 20.7. The lowest BCUT2D eigenvalue weighted by Gasteiger charge is -2.18. The molecule has 1 nitrogen and oxygen atoms in total. The summed E-state index contributed by atoms with van der Waals surface area (Å²) in [5.41, 5.74) is 9.43. The third-order valence-corrected chi connectivity index (χ3v) is 13.6. The molecule has 0 aliphatic carbocycles. The fraction of sp³-hybridized carbons (Fsp3) is 0. The molecule has 0 aliphatic rings. The topological polar surface area (TPSA) is 13.1 Å². The van der Waals surface area contributed by atoms with Gasteiger partial charge in [-0.15, -0.1) is 11.3 Å². The van der Waals surface area contributed by atoms with E-state index < -0.39 is 0 Å². The van der Waals surface area contributed by atoms with Crippen LogP contribution in [0.1, 0.15) is 0 Å². The van der Waals surface area contributed by atoms with Crippen molar-refractivity contribution in [3.05, 3.63) is 194 Å². The van der Waals surface area contributed by atoms with Crippen LogP contribution in [0.25, 0.3) is 129 Å². The van der Waals surface area contributed by atoms with Crippen LogP contribution in [0.15, 0.2) is 199 Å². The fourth-order valence-corrected chi connectivity index (χ4v) is 11.1. The molecule has 0 saturated carbocycles. The Morgan fingerprint density at radius 3 is 1.41 bits per heavy atom. The molecule has 0 bridgehead atoms. The summed E-state index contributed by atoms with van der Waals surface area (Å²) in [6.07, 6.45) is 0. The van der Waals surface area contributed by atoms with E-state index in [-0.39, 0.29) is 0 Å². The van der Waals surface area contributed by atoms with Crippen molar-refractivity contribution in [1.29, 1.82) is 0 Å². The smallest absolute Gasteiger partial charge is 0.136 e. The molecule has 0 fully saturated rings. The van der Waals surface area contributed by atoms with Crippen molar-refractivity contribution in [2.45, 2.75) is 0 Å². The number of hydrogen-bond donors (Lipinski definition) is 0. The van der Waals surface area contributed by atoms with Crippen molar-refractivity contribution in [2.75, 3.05) is 0 Å². The Bertz CT molecular complexity index is 3810. The van der Waals surface area contributed by atoms with Gasteiger partial charge in [0.2, 0.25) is 0 Å². The lowest BCUT2D eigenvalue weighted by atomic mass is 9.85.